The summed E-state index contributed by atoms with van der Waals surface area (Å²) in [6.07, 6.45) is 1.92. The van der Waals surface area contributed by atoms with E-state index in [0.717, 1.165) is 27.5 Å². The Kier molecular flexibility index (Phi) is 5.74. The molecule has 2 heterocycles. The van der Waals surface area contributed by atoms with Gasteiger partial charge >= 0.3 is 5.97 Å². The fraction of sp³-hybridized carbons (Fsp3) is 0.107. The quantitative estimate of drug-likeness (QED) is 0.342. The largest absolute Gasteiger partial charge is 0.478 e. The molecule has 0 radical (unpaired) electrons. The second-order valence-corrected chi connectivity index (χ2v) is 8.45. The highest BCUT2D eigenvalue weighted by Crippen LogP contribution is 2.23. The molecule has 0 aliphatic rings. The van der Waals surface area contributed by atoms with Crippen LogP contribution in [-0.2, 0) is 6.54 Å². The lowest BCUT2D eigenvalue weighted by atomic mass is 10.0. The Morgan fingerprint density at radius 3 is 2.57 bits per heavy atom. The molecule has 5 aromatic rings. The first kappa shape index (κ1) is 22.3. The number of carbonyl (C=O) groups excluding carboxylic acids is 1. The van der Waals surface area contributed by atoms with Crippen LogP contribution in [0.5, 0.6) is 0 Å². The lowest BCUT2D eigenvalue weighted by molar-refractivity contribution is 0.0696. The molecule has 0 saturated carbocycles. The minimum Gasteiger partial charge on any atom is -0.478 e. The zero-order chi connectivity index (χ0) is 24.5. The zero-order valence-electron chi connectivity index (χ0n) is 18.9. The maximum atomic E-state index is 13.5. The number of aromatic carboxylic acids is 1. The summed E-state index contributed by atoms with van der Waals surface area (Å²) in [5.74, 6) is -1.52. The number of carboxylic acid groups (broad SMARTS) is 1. The Hall–Kier alpha value is -4.52. The lowest BCUT2D eigenvalue weighted by Crippen LogP contribution is -2.27. The van der Waals surface area contributed by atoms with Crippen molar-refractivity contribution in [3.8, 4) is 0 Å². The second kappa shape index (κ2) is 9.02. The zero-order valence-corrected chi connectivity index (χ0v) is 18.9. The van der Waals surface area contributed by atoms with Crippen molar-refractivity contribution in [2.45, 2.75) is 19.5 Å². The van der Waals surface area contributed by atoms with E-state index in [-0.39, 0.29) is 23.3 Å². The number of hydrogen-bond acceptors (Lipinski definition) is 3. The number of benzene rings is 3. The van der Waals surface area contributed by atoms with Crippen molar-refractivity contribution < 1.29 is 19.1 Å². The van der Waals surface area contributed by atoms with Crippen molar-refractivity contribution in [3.63, 3.8) is 0 Å². The van der Waals surface area contributed by atoms with Gasteiger partial charge in [0.25, 0.3) is 5.91 Å². The average Bonchev–Trinajstić information content (AvgIpc) is 3.27. The molecule has 0 unspecified atom stereocenters. The van der Waals surface area contributed by atoms with Gasteiger partial charge in [0, 0.05) is 17.0 Å². The number of carbonyl (C=O) groups is 2. The van der Waals surface area contributed by atoms with Crippen LogP contribution in [0, 0.1) is 5.82 Å². The maximum Gasteiger partial charge on any atom is 0.335 e. The molecule has 1 amide bonds. The third-order valence-corrected chi connectivity index (χ3v) is 6.08. The van der Waals surface area contributed by atoms with Crippen molar-refractivity contribution in [2.24, 2.45) is 0 Å². The maximum absolute atomic E-state index is 13.5. The second-order valence-electron chi connectivity index (χ2n) is 8.45. The number of para-hydroxylation sites is 1. The van der Waals surface area contributed by atoms with Gasteiger partial charge in [-0.15, -0.1) is 0 Å². The predicted octanol–water partition coefficient (Wildman–Crippen LogP) is 5.57. The van der Waals surface area contributed by atoms with Gasteiger partial charge in [-0.05, 0) is 61.0 Å². The molecule has 0 spiro atoms. The van der Waals surface area contributed by atoms with E-state index >= 15 is 0 Å². The smallest absolute Gasteiger partial charge is 0.335 e. The molecular weight excluding hydrogens is 445 g/mol. The Labute approximate surface area is 200 Å². The van der Waals surface area contributed by atoms with Gasteiger partial charge in [-0.3, -0.25) is 9.78 Å². The summed E-state index contributed by atoms with van der Waals surface area (Å²) >= 11 is 0. The van der Waals surface area contributed by atoms with Gasteiger partial charge in [-0.25, -0.2) is 9.18 Å². The van der Waals surface area contributed by atoms with E-state index in [1.165, 1.54) is 24.3 Å². The Balaban J connectivity index is 1.42. The summed E-state index contributed by atoms with van der Waals surface area (Å²) in [6, 6.07) is 21.9. The van der Waals surface area contributed by atoms with E-state index in [1.54, 1.807) is 24.3 Å². The van der Waals surface area contributed by atoms with Crippen LogP contribution in [0.1, 0.15) is 44.9 Å². The molecule has 0 bridgehead atoms. The highest BCUT2D eigenvalue weighted by atomic mass is 19.1. The fourth-order valence-corrected chi connectivity index (χ4v) is 4.25. The Bertz CT molecular complexity index is 1570. The third kappa shape index (κ3) is 4.48. The number of nitrogens with zero attached hydrogens (tertiary/aromatic N) is 2. The molecule has 5 rings (SSSR count). The van der Waals surface area contributed by atoms with Crippen molar-refractivity contribution >= 4 is 33.7 Å². The molecule has 7 heteroatoms. The van der Waals surface area contributed by atoms with Crippen LogP contribution in [0.4, 0.5) is 4.39 Å². The van der Waals surface area contributed by atoms with Crippen LogP contribution >= 0.6 is 0 Å². The highest BCUT2D eigenvalue weighted by Gasteiger charge is 2.17. The lowest BCUT2D eigenvalue weighted by Gasteiger charge is -2.16. The van der Waals surface area contributed by atoms with E-state index in [1.807, 2.05) is 48.0 Å². The summed E-state index contributed by atoms with van der Waals surface area (Å²) in [6.45, 7) is 2.31. The van der Waals surface area contributed by atoms with E-state index in [4.69, 9.17) is 5.11 Å². The van der Waals surface area contributed by atoms with Gasteiger partial charge in [0.2, 0.25) is 0 Å². The van der Waals surface area contributed by atoms with Crippen molar-refractivity contribution in [1.82, 2.24) is 14.9 Å². The topological polar surface area (TPSA) is 84.2 Å². The molecule has 174 valence electrons. The van der Waals surface area contributed by atoms with Gasteiger partial charge in [-0.2, -0.15) is 0 Å². The number of amides is 1. The molecule has 1 atom stereocenters. The van der Waals surface area contributed by atoms with Crippen LogP contribution in [-0.4, -0.2) is 26.5 Å². The van der Waals surface area contributed by atoms with Gasteiger partial charge in [0.15, 0.2) is 0 Å². The minimum absolute atomic E-state index is 0.197. The van der Waals surface area contributed by atoms with Gasteiger partial charge in [-0.1, -0.05) is 30.3 Å². The molecule has 2 aromatic heterocycles. The highest BCUT2D eigenvalue weighted by molar-refractivity contribution is 6.06. The first-order chi connectivity index (χ1) is 16.9. The van der Waals surface area contributed by atoms with Crippen molar-refractivity contribution in [3.05, 3.63) is 113 Å². The molecule has 2 N–H and O–H groups in total. The first-order valence-corrected chi connectivity index (χ1v) is 11.2. The number of fused-ring (bicyclic) bond motifs is 2. The summed E-state index contributed by atoms with van der Waals surface area (Å²) in [7, 11) is 0. The normalized spacial score (nSPS) is 12.1. The fourth-order valence-electron chi connectivity index (χ4n) is 4.25. The summed E-state index contributed by atoms with van der Waals surface area (Å²) in [4.78, 5) is 29.0. The monoisotopic (exact) mass is 467 g/mol. The van der Waals surface area contributed by atoms with Crippen LogP contribution in [0.25, 0.3) is 21.8 Å². The van der Waals surface area contributed by atoms with E-state index < -0.39 is 5.97 Å². The van der Waals surface area contributed by atoms with Crippen molar-refractivity contribution in [2.75, 3.05) is 0 Å². The van der Waals surface area contributed by atoms with Gasteiger partial charge < -0.3 is 15.0 Å². The van der Waals surface area contributed by atoms with E-state index in [0.29, 0.717) is 17.6 Å². The summed E-state index contributed by atoms with van der Waals surface area (Å²) in [5.41, 5.74) is 3.83. The summed E-state index contributed by atoms with van der Waals surface area (Å²) < 4.78 is 15.5. The number of hydrogen-bond donors (Lipinski definition) is 2. The molecule has 0 saturated heterocycles. The number of nitrogens with one attached hydrogen (secondary N) is 1. The van der Waals surface area contributed by atoms with Crippen LogP contribution in [0.2, 0.25) is 0 Å². The third-order valence-electron chi connectivity index (χ3n) is 6.08. The molecular formula is C28H22FN3O3. The average molecular weight is 468 g/mol. The molecule has 0 aliphatic carbocycles. The number of rotatable bonds is 6. The molecule has 0 aliphatic heterocycles. The molecule has 6 nitrogen and oxygen atoms in total. The van der Waals surface area contributed by atoms with E-state index in [2.05, 4.69) is 10.3 Å². The molecule has 0 fully saturated rings. The number of halogens is 1. The molecule has 35 heavy (non-hydrogen) atoms. The van der Waals surface area contributed by atoms with Gasteiger partial charge in [0.1, 0.15) is 5.82 Å². The SMILES string of the molecule is C[C@H](NC(=O)c1cccc2ccn(Cc3ccc4cc(F)ccc4n3)c12)c1ccc(C(=O)O)cc1. The van der Waals surface area contributed by atoms with Crippen LogP contribution < -0.4 is 5.32 Å². The predicted molar refractivity (Wildman–Crippen MR) is 132 cm³/mol. The Morgan fingerprint density at radius 1 is 1.00 bits per heavy atom. The summed E-state index contributed by atoms with van der Waals surface area (Å²) in [5, 5.41) is 13.8. The van der Waals surface area contributed by atoms with Crippen molar-refractivity contribution in [1.29, 1.82) is 0 Å². The number of carboxylic acids is 1. The standard InChI is InChI=1S/C28H22FN3O3/c1-17(18-5-7-20(8-6-18)28(34)35)30-27(33)24-4-2-3-19-13-14-32(26(19)24)16-23-11-9-21-15-22(29)10-12-25(21)31-23/h2-15,17H,16H2,1H3,(H,30,33)(H,34,35)/t17-/m0/s1. The first-order valence-electron chi connectivity index (χ1n) is 11.2. The van der Waals surface area contributed by atoms with E-state index in [9.17, 15) is 14.0 Å². The Morgan fingerprint density at radius 2 is 1.80 bits per heavy atom. The number of aromatic nitrogens is 2. The van der Waals surface area contributed by atoms with Crippen LogP contribution in [0.3, 0.4) is 0 Å². The number of pyridine rings is 1. The van der Waals surface area contributed by atoms with Gasteiger partial charge in [0.05, 0.1) is 40.4 Å². The van der Waals surface area contributed by atoms with Crippen LogP contribution in [0.15, 0.2) is 85.1 Å². The molecule has 3 aromatic carbocycles. The minimum atomic E-state index is -0.992.